The summed E-state index contributed by atoms with van der Waals surface area (Å²) in [5, 5.41) is 6.19. The number of carbonyl (C=O) groups is 1. The van der Waals surface area contributed by atoms with Crippen molar-refractivity contribution in [2.45, 2.75) is 10.8 Å². The lowest BCUT2D eigenvalue weighted by molar-refractivity contribution is 0.0952. The third-order valence-corrected chi connectivity index (χ3v) is 7.80. The number of fused-ring (bicyclic) bond motifs is 1. The Morgan fingerprint density at radius 3 is 2.30 bits per heavy atom. The second-order valence-electron chi connectivity index (χ2n) is 7.15. The second-order valence-corrected chi connectivity index (χ2v) is 10.0. The number of nitrogens with one attached hydrogen (secondary N) is 2. The minimum atomic E-state index is -3.82. The van der Waals surface area contributed by atoms with Crippen LogP contribution in [0.15, 0.2) is 76.3 Å². The number of carbonyl (C=O) groups excluding carboxylic acids is 1. The van der Waals surface area contributed by atoms with Crippen LogP contribution in [0.25, 0.3) is 10.8 Å². The fourth-order valence-electron chi connectivity index (χ4n) is 3.39. The van der Waals surface area contributed by atoms with Gasteiger partial charge in [-0.25, -0.2) is 8.42 Å². The Kier molecular flexibility index (Phi) is 6.52. The van der Waals surface area contributed by atoms with E-state index in [1.165, 1.54) is 6.07 Å². The summed E-state index contributed by atoms with van der Waals surface area (Å²) in [4.78, 5) is 13.1. The van der Waals surface area contributed by atoms with Gasteiger partial charge in [0.25, 0.3) is 15.9 Å². The highest BCUT2D eigenvalue weighted by atomic mass is 32.2. The highest BCUT2D eigenvalue weighted by molar-refractivity contribution is 7.94. The molecule has 4 aromatic rings. The highest BCUT2D eigenvalue weighted by Crippen LogP contribution is 2.29. The standard InChI is InChI=1S/C24H22N2O5S2/c1-30-21-10-9-16(12-22(21)31-2)15-25-24(27)19-13-17-6-3-4-7-18(17)14-20(19)26-33(28,29)23-8-5-11-32-23/h3-14,26H,15H2,1-2H3,(H,25,27). The van der Waals surface area contributed by atoms with Gasteiger partial charge in [-0.3, -0.25) is 9.52 Å². The zero-order chi connectivity index (χ0) is 23.4. The molecule has 0 unspecified atom stereocenters. The van der Waals surface area contributed by atoms with E-state index in [-0.39, 0.29) is 22.0 Å². The van der Waals surface area contributed by atoms with Gasteiger partial charge in [0.2, 0.25) is 0 Å². The molecule has 9 heteroatoms. The Morgan fingerprint density at radius 2 is 1.64 bits per heavy atom. The largest absolute Gasteiger partial charge is 0.493 e. The summed E-state index contributed by atoms with van der Waals surface area (Å²) in [7, 11) is -0.724. The van der Waals surface area contributed by atoms with Gasteiger partial charge in [-0.15, -0.1) is 11.3 Å². The van der Waals surface area contributed by atoms with Crippen molar-refractivity contribution in [1.29, 1.82) is 0 Å². The molecule has 0 aliphatic heterocycles. The number of rotatable bonds is 8. The smallest absolute Gasteiger partial charge is 0.271 e. The van der Waals surface area contributed by atoms with Gasteiger partial charge >= 0.3 is 0 Å². The number of hydrogen-bond donors (Lipinski definition) is 2. The van der Waals surface area contributed by atoms with Gasteiger partial charge < -0.3 is 14.8 Å². The van der Waals surface area contributed by atoms with E-state index in [1.807, 2.05) is 30.3 Å². The zero-order valence-electron chi connectivity index (χ0n) is 18.0. The molecule has 4 rings (SSSR count). The van der Waals surface area contributed by atoms with Crippen molar-refractivity contribution in [1.82, 2.24) is 5.32 Å². The summed E-state index contributed by atoms with van der Waals surface area (Å²) in [5.41, 5.74) is 1.25. The van der Waals surface area contributed by atoms with Crippen LogP contribution in [0.4, 0.5) is 5.69 Å². The Morgan fingerprint density at radius 1 is 0.909 bits per heavy atom. The van der Waals surface area contributed by atoms with Crippen LogP contribution in [0.5, 0.6) is 11.5 Å². The third kappa shape index (κ3) is 4.94. The van der Waals surface area contributed by atoms with Gasteiger partial charge in [0.1, 0.15) is 4.21 Å². The number of methoxy groups -OCH3 is 2. The quantitative estimate of drug-likeness (QED) is 0.381. The molecule has 33 heavy (non-hydrogen) atoms. The number of thiophene rings is 1. The first-order chi connectivity index (χ1) is 15.9. The zero-order valence-corrected chi connectivity index (χ0v) is 19.6. The SMILES string of the molecule is COc1ccc(CNC(=O)c2cc3ccccc3cc2NS(=O)(=O)c2cccs2)cc1OC. The van der Waals surface area contributed by atoms with Crippen molar-refractivity contribution in [3.05, 3.63) is 83.2 Å². The van der Waals surface area contributed by atoms with Crippen LogP contribution in [-0.2, 0) is 16.6 Å². The van der Waals surface area contributed by atoms with Gasteiger partial charge in [-0.2, -0.15) is 0 Å². The lowest BCUT2D eigenvalue weighted by Crippen LogP contribution is -2.25. The van der Waals surface area contributed by atoms with Gasteiger partial charge in [-0.1, -0.05) is 36.4 Å². The van der Waals surface area contributed by atoms with Gasteiger partial charge in [0.05, 0.1) is 25.5 Å². The van der Waals surface area contributed by atoms with Gasteiger partial charge in [0.15, 0.2) is 11.5 Å². The van der Waals surface area contributed by atoms with E-state index >= 15 is 0 Å². The lowest BCUT2D eigenvalue weighted by Gasteiger charge is -2.14. The fourth-order valence-corrected chi connectivity index (χ4v) is 5.46. The molecule has 0 saturated heterocycles. The summed E-state index contributed by atoms with van der Waals surface area (Å²) in [6, 6.07) is 19.4. The van der Waals surface area contributed by atoms with Crippen molar-refractivity contribution in [2.75, 3.05) is 18.9 Å². The molecule has 1 amide bonds. The van der Waals surface area contributed by atoms with Gasteiger partial charge in [0, 0.05) is 6.54 Å². The van der Waals surface area contributed by atoms with Gasteiger partial charge in [-0.05, 0) is 52.0 Å². The molecule has 0 aliphatic rings. The third-order valence-electron chi connectivity index (χ3n) is 5.04. The molecule has 0 atom stereocenters. The topological polar surface area (TPSA) is 93.7 Å². The molecule has 0 aliphatic carbocycles. The maximum Gasteiger partial charge on any atom is 0.271 e. The van der Waals surface area contributed by atoms with Crippen molar-refractivity contribution in [2.24, 2.45) is 0 Å². The maximum absolute atomic E-state index is 13.1. The summed E-state index contributed by atoms with van der Waals surface area (Å²) in [6.07, 6.45) is 0. The number of benzene rings is 3. The summed E-state index contributed by atoms with van der Waals surface area (Å²) < 4.78 is 39.0. The Hall–Kier alpha value is -3.56. The summed E-state index contributed by atoms with van der Waals surface area (Å²) >= 11 is 1.11. The first kappa shape index (κ1) is 22.6. The molecule has 0 spiro atoms. The van der Waals surface area contributed by atoms with Crippen LogP contribution >= 0.6 is 11.3 Å². The summed E-state index contributed by atoms with van der Waals surface area (Å²) in [6.45, 7) is 0.225. The van der Waals surface area contributed by atoms with Crippen molar-refractivity contribution >= 4 is 43.7 Å². The molecule has 7 nitrogen and oxygen atoms in total. The molecular weight excluding hydrogens is 460 g/mol. The number of sulfonamides is 1. The van der Waals surface area contributed by atoms with E-state index < -0.39 is 15.9 Å². The van der Waals surface area contributed by atoms with E-state index in [9.17, 15) is 13.2 Å². The second kappa shape index (κ2) is 9.51. The molecular formula is C24H22N2O5S2. The monoisotopic (exact) mass is 482 g/mol. The Labute approximate surface area is 196 Å². The first-order valence-electron chi connectivity index (χ1n) is 9.99. The molecule has 0 saturated carbocycles. The van der Waals surface area contributed by atoms with Crippen LogP contribution in [0.2, 0.25) is 0 Å². The predicted molar refractivity (Wildman–Crippen MR) is 130 cm³/mol. The number of anilines is 1. The average Bonchev–Trinajstić information content (AvgIpc) is 3.38. The molecule has 2 N–H and O–H groups in total. The lowest BCUT2D eigenvalue weighted by atomic mass is 10.0. The Bertz CT molecular complexity index is 1400. The van der Waals surface area contributed by atoms with Crippen molar-refractivity contribution in [3.63, 3.8) is 0 Å². The van der Waals surface area contributed by atoms with Crippen LogP contribution in [0, 0.1) is 0 Å². The normalized spacial score (nSPS) is 11.2. The Balaban J connectivity index is 1.64. The van der Waals surface area contributed by atoms with E-state index in [2.05, 4.69) is 10.0 Å². The molecule has 0 fully saturated rings. The number of ether oxygens (including phenoxy) is 2. The van der Waals surface area contributed by atoms with Crippen LogP contribution < -0.4 is 19.5 Å². The van der Waals surface area contributed by atoms with E-state index in [0.717, 1.165) is 27.7 Å². The van der Waals surface area contributed by atoms with Crippen LogP contribution in [0.3, 0.4) is 0 Å². The average molecular weight is 483 g/mol. The predicted octanol–water partition coefficient (Wildman–Crippen LogP) is 4.65. The molecule has 0 radical (unpaired) electrons. The molecule has 1 heterocycles. The fraction of sp³-hybridized carbons (Fsp3) is 0.125. The molecule has 0 bridgehead atoms. The molecule has 170 valence electrons. The highest BCUT2D eigenvalue weighted by Gasteiger charge is 2.20. The number of hydrogen-bond acceptors (Lipinski definition) is 6. The molecule has 3 aromatic carbocycles. The maximum atomic E-state index is 13.1. The van der Waals surface area contributed by atoms with E-state index in [1.54, 1.807) is 49.9 Å². The van der Waals surface area contributed by atoms with E-state index in [0.29, 0.717) is 11.5 Å². The first-order valence-corrected chi connectivity index (χ1v) is 12.4. The number of amides is 1. The minimum Gasteiger partial charge on any atom is -0.493 e. The van der Waals surface area contributed by atoms with Crippen LogP contribution in [0.1, 0.15) is 15.9 Å². The van der Waals surface area contributed by atoms with Crippen LogP contribution in [-0.4, -0.2) is 28.5 Å². The molecule has 1 aromatic heterocycles. The van der Waals surface area contributed by atoms with E-state index in [4.69, 9.17) is 9.47 Å². The summed E-state index contributed by atoms with van der Waals surface area (Å²) in [5.74, 6) is 0.742. The minimum absolute atomic E-state index is 0.173. The van der Waals surface area contributed by atoms with Crippen molar-refractivity contribution < 1.29 is 22.7 Å². The van der Waals surface area contributed by atoms with Crippen molar-refractivity contribution in [3.8, 4) is 11.5 Å².